The summed E-state index contributed by atoms with van der Waals surface area (Å²) in [5, 5.41) is 0. The van der Waals surface area contributed by atoms with Gasteiger partial charge in [0.15, 0.2) is 0 Å². The monoisotopic (exact) mass is 172 g/mol. The number of hydrogen-bond acceptors (Lipinski definition) is 4. The van der Waals surface area contributed by atoms with Crippen molar-refractivity contribution in [1.29, 1.82) is 0 Å². The van der Waals surface area contributed by atoms with Crippen molar-refractivity contribution >= 4 is 11.9 Å². The third-order valence-corrected chi connectivity index (χ3v) is 0.965. The van der Waals surface area contributed by atoms with Crippen molar-refractivity contribution in [3.63, 3.8) is 0 Å². The Morgan fingerprint density at radius 3 is 1.50 bits per heavy atom. The molecule has 0 aromatic rings. The molecule has 12 heavy (non-hydrogen) atoms. The van der Waals surface area contributed by atoms with Crippen LogP contribution in [-0.2, 0) is 23.7 Å². The first-order valence-electron chi connectivity index (χ1n) is 3.31. The zero-order valence-corrected chi connectivity index (χ0v) is 6.37. The minimum absolute atomic E-state index is 0.263. The van der Waals surface area contributed by atoms with E-state index >= 15 is 0 Å². The van der Waals surface area contributed by atoms with E-state index in [-0.39, 0.29) is 12.8 Å². The van der Waals surface area contributed by atoms with Gasteiger partial charge in [0, 0.05) is 0 Å². The van der Waals surface area contributed by atoms with E-state index in [0.717, 1.165) is 13.2 Å². The molecule has 2 rings (SSSR count). The molecule has 2 aliphatic rings. The van der Waals surface area contributed by atoms with Crippen LogP contribution in [0.3, 0.4) is 0 Å². The first-order chi connectivity index (χ1) is 5.79. The van der Waals surface area contributed by atoms with Crippen LogP contribution >= 0.6 is 0 Å². The van der Waals surface area contributed by atoms with Crippen molar-refractivity contribution in [2.24, 2.45) is 0 Å². The number of cyclic esters (lactones) is 2. The van der Waals surface area contributed by atoms with E-state index in [1.807, 2.05) is 0 Å². The van der Waals surface area contributed by atoms with Gasteiger partial charge in [0.2, 0.25) is 0 Å². The third kappa shape index (κ3) is 6.95. The van der Waals surface area contributed by atoms with Crippen LogP contribution in [0, 0.1) is 6.65 Å². The van der Waals surface area contributed by atoms with E-state index < -0.39 is 11.9 Å². The summed E-state index contributed by atoms with van der Waals surface area (Å²) in [5.74, 6) is -0.796. The molecule has 0 aromatic heterocycles. The summed E-state index contributed by atoms with van der Waals surface area (Å²) in [6.45, 7) is 6.50. The number of carbonyl (C=O) groups is 2. The topological polar surface area (TPSA) is 75.8 Å². The van der Waals surface area contributed by atoms with E-state index in [4.69, 9.17) is 4.65 Å². The summed E-state index contributed by atoms with van der Waals surface area (Å²) in [4.78, 5) is 20.0. The average Bonchev–Trinajstić information content (AvgIpc) is 2.89. The number of carbonyl (C=O) groups excluding carboxylic acids is 2. The molecule has 0 spiro atoms. The quantitative estimate of drug-likeness (QED) is 0.167. The second-order valence-electron chi connectivity index (χ2n) is 1.96. The van der Waals surface area contributed by atoms with E-state index in [2.05, 4.69) is 16.1 Å². The van der Waals surface area contributed by atoms with Crippen LogP contribution in [0.4, 0.5) is 0 Å². The molecular weight excluding hydrogens is 164 g/mol. The zero-order valence-electron chi connectivity index (χ0n) is 6.37. The second-order valence-corrected chi connectivity index (χ2v) is 1.96. The summed E-state index contributed by atoms with van der Waals surface area (Å²) < 4.78 is 16.1. The Bertz CT molecular complexity index is 165. The third-order valence-electron chi connectivity index (χ3n) is 0.965. The Morgan fingerprint density at radius 1 is 1.08 bits per heavy atom. The fourth-order valence-corrected chi connectivity index (χ4v) is 0.433. The molecule has 5 heteroatoms. The molecule has 2 aliphatic heterocycles. The number of rotatable bonds is 0. The van der Waals surface area contributed by atoms with Crippen molar-refractivity contribution in [1.82, 2.24) is 0 Å². The average molecular weight is 172 g/mol. The van der Waals surface area contributed by atoms with Gasteiger partial charge in [0.05, 0.1) is 26.1 Å². The van der Waals surface area contributed by atoms with Crippen LogP contribution in [0.25, 0.3) is 0 Å². The number of hydrogen-bond donors (Lipinski definition) is 0. The molecule has 2 fully saturated rings. The van der Waals surface area contributed by atoms with Gasteiger partial charge in [-0.25, -0.2) is 0 Å². The number of esters is 2. The predicted molar refractivity (Wildman–Crippen MR) is 35.1 cm³/mol. The van der Waals surface area contributed by atoms with Crippen LogP contribution < -0.4 is 0 Å². The molecule has 0 amide bonds. The van der Waals surface area contributed by atoms with Gasteiger partial charge >= 0.3 is 23.2 Å². The van der Waals surface area contributed by atoms with Gasteiger partial charge in [0.25, 0.3) is 0 Å². The van der Waals surface area contributed by atoms with Crippen molar-refractivity contribution in [3.05, 3.63) is 6.65 Å². The van der Waals surface area contributed by atoms with Gasteiger partial charge in [-0.1, -0.05) is 0 Å². The molecule has 66 valence electrons. The number of ether oxygens (including phenoxy) is 2. The molecule has 5 nitrogen and oxygen atoms in total. The van der Waals surface area contributed by atoms with Gasteiger partial charge in [-0.15, -0.1) is 0 Å². The molecule has 0 saturated carbocycles. The molecule has 0 radical (unpaired) electrons. The van der Waals surface area contributed by atoms with Crippen LogP contribution in [0.2, 0.25) is 0 Å². The molecule has 0 unspecified atom stereocenters. The van der Waals surface area contributed by atoms with E-state index in [1.54, 1.807) is 0 Å². The Hall–Kier alpha value is -1.16. The van der Waals surface area contributed by atoms with Crippen LogP contribution in [-0.4, -0.2) is 25.2 Å². The Morgan fingerprint density at radius 2 is 1.42 bits per heavy atom. The predicted octanol–water partition coefficient (Wildman–Crippen LogP) is -0.171. The summed E-state index contributed by atoms with van der Waals surface area (Å²) in [7, 11) is 0. The zero-order chi connectivity index (χ0) is 9.40. The van der Waals surface area contributed by atoms with Gasteiger partial charge in [-0.05, 0) is 0 Å². The van der Waals surface area contributed by atoms with Crippen LogP contribution in [0.5, 0.6) is 0 Å². The summed E-state index contributed by atoms with van der Waals surface area (Å²) in [6.07, 6.45) is 0.525. The first kappa shape index (κ1) is 10.8. The molecular formula is C7H8O5. The molecule has 2 saturated heterocycles. The molecule has 0 bridgehead atoms. The Balaban J connectivity index is 0.000000202. The van der Waals surface area contributed by atoms with Crippen molar-refractivity contribution in [2.75, 3.05) is 13.2 Å². The van der Waals surface area contributed by atoms with Gasteiger partial charge < -0.3 is 9.47 Å². The summed E-state index contributed by atoms with van der Waals surface area (Å²) in [6, 6.07) is 0. The van der Waals surface area contributed by atoms with Gasteiger partial charge in [-0.2, -0.15) is 0 Å². The maximum absolute atomic E-state index is 10.0. The van der Waals surface area contributed by atoms with Crippen molar-refractivity contribution < 1.29 is 23.7 Å². The minimum atomic E-state index is -0.398. The van der Waals surface area contributed by atoms with E-state index in [9.17, 15) is 9.59 Å². The fourth-order valence-electron chi connectivity index (χ4n) is 0.433. The summed E-state index contributed by atoms with van der Waals surface area (Å²) >= 11 is 0. The molecule has 0 aromatic carbocycles. The number of epoxide rings is 1. The van der Waals surface area contributed by atoms with Gasteiger partial charge in [-0.3, -0.25) is 9.59 Å². The van der Waals surface area contributed by atoms with Crippen LogP contribution in [0.15, 0.2) is 0 Å². The van der Waals surface area contributed by atoms with Gasteiger partial charge in [0.1, 0.15) is 0 Å². The van der Waals surface area contributed by atoms with E-state index in [0.29, 0.717) is 0 Å². The fraction of sp³-hybridized carbons (Fsp3) is 0.571. The van der Waals surface area contributed by atoms with E-state index in [1.165, 1.54) is 0 Å². The second kappa shape index (κ2) is 6.54. The Labute approximate surface area is 69.4 Å². The normalized spacial score (nSPS) is 17.8. The molecule has 0 atom stereocenters. The first-order valence-corrected chi connectivity index (χ1v) is 3.31. The molecule has 2 heterocycles. The van der Waals surface area contributed by atoms with Crippen molar-refractivity contribution in [3.8, 4) is 0 Å². The molecule has 0 N–H and O–H groups in total. The summed E-state index contributed by atoms with van der Waals surface area (Å²) in [5.41, 5.74) is 0. The SMILES string of the molecule is C1CO1.O=C1CCC(=O)O1.[C-]#[O+]. The van der Waals surface area contributed by atoms with Crippen LogP contribution in [0.1, 0.15) is 12.8 Å². The Kier molecular flexibility index (Phi) is 5.91. The molecule has 0 aliphatic carbocycles. The standard InChI is InChI=1S/C4H4O3.C2H4O.CO/c5-3-1-2-4(6)7-3;1-2-3-1;1-2/h1-2H2;1-2H2;. The maximum atomic E-state index is 10.0. The van der Waals surface area contributed by atoms with Crippen molar-refractivity contribution in [2.45, 2.75) is 12.8 Å².